The zero-order valence-corrected chi connectivity index (χ0v) is 16.4. The lowest BCUT2D eigenvalue weighted by Crippen LogP contribution is -2.40. The van der Waals surface area contributed by atoms with Crippen LogP contribution in [0, 0.1) is 0 Å². The number of fused-ring (bicyclic) bond motifs is 3. The van der Waals surface area contributed by atoms with Crippen molar-refractivity contribution < 1.29 is 13.9 Å². The number of benzene rings is 1. The maximum absolute atomic E-state index is 13.9. The second-order valence-electron chi connectivity index (χ2n) is 7.82. The van der Waals surface area contributed by atoms with E-state index in [1.165, 1.54) is 0 Å². The van der Waals surface area contributed by atoms with Gasteiger partial charge in [0.25, 0.3) is 0 Å². The molecule has 0 saturated carbocycles. The van der Waals surface area contributed by atoms with Crippen molar-refractivity contribution in [2.24, 2.45) is 0 Å². The molecule has 30 heavy (non-hydrogen) atoms. The molecule has 10 heteroatoms. The molecule has 3 saturated heterocycles. The number of imidazole rings is 1. The number of alkyl halides is 1. The number of halogens is 1. The SMILES string of the molecule is FCc1nc2ccccc2n1-c1nc(N2CCOCC2)nc(N2CC3CC2CO3)n1. The molecule has 3 aromatic rings. The van der Waals surface area contributed by atoms with Crippen LogP contribution in [0.25, 0.3) is 17.0 Å². The molecular weight excluding hydrogens is 389 g/mol. The van der Waals surface area contributed by atoms with Gasteiger partial charge in [-0.15, -0.1) is 0 Å². The van der Waals surface area contributed by atoms with E-state index in [2.05, 4.69) is 14.8 Å². The number of ether oxygens (including phenoxy) is 2. The van der Waals surface area contributed by atoms with Crippen molar-refractivity contribution in [3.05, 3.63) is 30.1 Å². The van der Waals surface area contributed by atoms with Crippen molar-refractivity contribution in [2.75, 3.05) is 49.3 Å². The predicted octanol–water partition coefficient (Wildman–Crippen LogP) is 1.49. The standard InChI is InChI=1S/C20H22FN7O2/c21-10-17-22-15-3-1-2-4-16(15)28(17)20-24-18(26-5-7-29-8-6-26)23-19(25-20)27-11-14-9-13(27)12-30-14/h1-4,13-14H,5-12H2. The Balaban J connectivity index is 1.51. The van der Waals surface area contributed by atoms with Gasteiger partial charge in [-0.2, -0.15) is 15.0 Å². The van der Waals surface area contributed by atoms with Crippen LogP contribution in [0.15, 0.2) is 24.3 Å². The summed E-state index contributed by atoms with van der Waals surface area (Å²) in [5.41, 5.74) is 1.50. The van der Waals surface area contributed by atoms with Crippen LogP contribution in [0.5, 0.6) is 0 Å². The summed E-state index contributed by atoms with van der Waals surface area (Å²) >= 11 is 0. The molecule has 6 rings (SSSR count). The molecule has 3 aliphatic heterocycles. The molecular formula is C20H22FN7O2. The number of hydrogen-bond acceptors (Lipinski definition) is 8. The Labute approximate surface area is 172 Å². The Morgan fingerprint density at radius 2 is 1.80 bits per heavy atom. The molecule has 2 bridgehead atoms. The maximum Gasteiger partial charge on any atom is 0.242 e. The van der Waals surface area contributed by atoms with E-state index >= 15 is 0 Å². The first kappa shape index (κ1) is 18.0. The summed E-state index contributed by atoms with van der Waals surface area (Å²) in [5.74, 6) is 1.88. The molecule has 2 unspecified atom stereocenters. The minimum absolute atomic E-state index is 0.220. The van der Waals surface area contributed by atoms with E-state index in [0.29, 0.717) is 56.3 Å². The van der Waals surface area contributed by atoms with Crippen molar-refractivity contribution >= 4 is 22.9 Å². The third kappa shape index (κ3) is 2.90. The van der Waals surface area contributed by atoms with E-state index < -0.39 is 6.67 Å². The highest BCUT2D eigenvalue weighted by molar-refractivity contribution is 5.77. The van der Waals surface area contributed by atoms with Gasteiger partial charge < -0.3 is 19.3 Å². The minimum Gasteiger partial charge on any atom is -0.378 e. The number of nitrogens with zero attached hydrogens (tertiary/aromatic N) is 7. The predicted molar refractivity (Wildman–Crippen MR) is 108 cm³/mol. The van der Waals surface area contributed by atoms with Crippen LogP contribution in [-0.2, 0) is 16.1 Å². The Morgan fingerprint density at radius 1 is 1.00 bits per heavy atom. The minimum atomic E-state index is -0.704. The fourth-order valence-corrected chi connectivity index (χ4v) is 4.51. The van der Waals surface area contributed by atoms with Gasteiger partial charge in [0.2, 0.25) is 17.8 Å². The lowest BCUT2D eigenvalue weighted by molar-refractivity contribution is 0.0986. The summed E-state index contributed by atoms with van der Waals surface area (Å²) in [6.45, 7) is 3.41. The highest BCUT2D eigenvalue weighted by atomic mass is 19.1. The van der Waals surface area contributed by atoms with Crippen molar-refractivity contribution in [2.45, 2.75) is 25.2 Å². The van der Waals surface area contributed by atoms with E-state index in [9.17, 15) is 4.39 Å². The quantitative estimate of drug-likeness (QED) is 0.639. The van der Waals surface area contributed by atoms with E-state index in [0.717, 1.165) is 18.5 Å². The first-order chi connectivity index (χ1) is 14.8. The van der Waals surface area contributed by atoms with Gasteiger partial charge in [-0.25, -0.2) is 9.37 Å². The highest BCUT2D eigenvalue weighted by Crippen LogP contribution is 2.32. The monoisotopic (exact) mass is 411 g/mol. The number of rotatable bonds is 4. The smallest absolute Gasteiger partial charge is 0.242 e. The molecule has 156 valence electrons. The molecule has 3 fully saturated rings. The third-order valence-electron chi connectivity index (χ3n) is 6.00. The Kier molecular flexibility index (Phi) is 4.27. The summed E-state index contributed by atoms with van der Waals surface area (Å²) in [7, 11) is 0. The van der Waals surface area contributed by atoms with Crippen LogP contribution < -0.4 is 9.80 Å². The van der Waals surface area contributed by atoms with Crippen LogP contribution in [-0.4, -0.2) is 76.1 Å². The van der Waals surface area contributed by atoms with Crippen molar-refractivity contribution in [3.63, 3.8) is 0 Å². The van der Waals surface area contributed by atoms with Crippen LogP contribution in [0.2, 0.25) is 0 Å². The molecule has 0 radical (unpaired) electrons. The Hall–Kier alpha value is -2.85. The van der Waals surface area contributed by atoms with Gasteiger partial charge in [-0.1, -0.05) is 12.1 Å². The zero-order valence-electron chi connectivity index (χ0n) is 16.4. The first-order valence-corrected chi connectivity index (χ1v) is 10.3. The number of hydrogen-bond donors (Lipinski definition) is 0. The van der Waals surface area contributed by atoms with E-state index in [1.54, 1.807) is 4.57 Å². The maximum atomic E-state index is 13.9. The molecule has 3 aliphatic rings. The Bertz CT molecular complexity index is 1080. The van der Waals surface area contributed by atoms with Crippen LogP contribution in [0.3, 0.4) is 0 Å². The zero-order chi connectivity index (χ0) is 20.1. The first-order valence-electron chi connectivity index (χ1n) is 10.3. The molecule has 9 nitrogen and oxygen atoms in total. The summed E-state index contributed by atoms with van der Waals surface area (Å²) in [5, 5.41) is 0. The summed E-state index contributed by atoms with van der Waals surface area (Å²) in [6.07, 6.45) is 1.20. The second-order valence-corrected chi connectivity index (χ2v) is 7.82. The largest absolute Gasteiger partial charge is 0.378 e. The van der Waals surface area contributed by atoms with E-state index in [1.807, 2.05) is 24.3 Å². The lowest BCUT2D eigenvalue weighted by Gasteiger charge is -2.30. The van der Waals surface area contributed by atoms with Gasteiger partial charge >= 0.3 is 0 Å². The number of morpholine rings is 2. The van der Waals surface area contributed by atoms with Crippen LogP contribution >= 0.6 is 0 Å². The van der Waals surface area contributed by atoms with E-state index in [4.69, 9.17) is 24.4 Å². The summed E-state index contributed by atoms with van der Waals surface area (Å²) in [6, 6.07) is 7.84. The summed E-state index contributed by atoms with van der Waals surface area (Å²) < 4.78 is 26.8. The normalized spacial score (nSPS) is 23.6. The van der Waals surface area contributed by atoms with Gasteiger partial charge in [0.1, 0.15) is 12.5 Å². The fraction of sp³-hybridized carbons (Fsp3) is 0.500. The summed E-state index contributed by atoms with van der Waals surface area (Å²) in [4.78, 5) is 23.0. The van der Waals surface area contributed by atoms with Gasteiger partial charge in [0.15, 0.2) is 0 Å². The number of anilines is 2. The molecule has 0 amide bonds. The molecule has 0 spiro atoms. The van der Waals surface area contributed by atoms with Crippen molar-refractivity contribution in [1.29, 1.82) is 0 Å². The molecule has 2 atom stereocenters. The Morgan fingerprint density at radius 3 is 2.57 bits per heavy atom. The molecule has 0 aliphatic carbocycles. The average Bonchev–Trinajstić information content (AvgIpc) is 3.53. The average molecular weight is 411 g/mol. The van der Waals surface area contributed by atoms with Gasteiger partial charge in [0.05, 0.1) is 43.0 Å². The third-order valence-corrected chi connectivity index (χ3v) is 6.00. The number of aromatic nitrogens is 5. The lowest BCUT2D eigenvalue weighted by atomic mass is 10.2. The topological polar surface area (TPSA) is 81.4 Å². The number of para-hydroxylation sites is 2. The fourth-order valence-electron chi connectivity index (χ4n) is 4.51. The molecule has 2 aromatic heterocycles. The molecule has 0 N–H and O–H groups in total. The van der Waals surface area contributed by atoms with Crippen LogP contribution in [0.1, 0.15) is 12.2 Å². The van der Waals surface area contributed by atoms with Gasteiger partial charge in [0, 0.05) is 19.6 Å². The van der Waals surface area contributed by atoms with Gasteiger partial charge in [-0.3, -0.25) is 4.57 Å². The van der Waals surface area contributed by atoms with Crippen molar-refractivity contribution in [3.8, 4) is 5.95 Å². The highest BCUT2D eigenvalue weighted by Gasteiger charge is 2.41. The van der Waals surface area contributed by atoms with Gasteiger partial charge in [-0.05, 0) is 18.6 Å². The van der Waals surface area contributed by atoms with E-state index in [-0.39, 0.29) is 18.0 Å². The molecule has 1 aromatic carbocycles. The van der Waals surface area contributed by atoms with Crippen LogP contribution in [0.4, 0.5) is 16.3 Å². The van der Waals surface area contributed by atoms with Crippen molar-refractivity contribution in [1.82, 2.24) is 24.5 Å². The second kappa shape index (κ2) is 7.13. The molecule has 5 heterocycles.